The molecular weight excluding hydrogens is 219 g/mol. The van der Waals surface area contributed by atoms with Crippen molar-refractivity contribution in [3.05, 3.63) is 30.1 Å². The fraction of sp³-hybridized carbons (Fsp3) is 0.538. The zero-order chi connectivity index (χ0) is 12.5. The van der Waals surface area contributed by atoms with Crippen LogP contribution >= 0.6 is 0 Å². The minimum absolute atomic E-state index is 0.263. The Bertz CT molecular complexity index is 318. The maximum Gasteiger partial charge on any atom is 0.126 e. The van der Waals surface area contributed by atoms with E-state index in [0.717, 1.165) is 26.1 Å². The van der Waals surface area contributed by atoms with E-state index in [0.29, 0.717) is 12.4 Å². The zero-order valence-electron chi connectivity index (χ0n) is 10.6. The first-order valence-electron chi connectivity index (χ1n) is 5.92. The van der Waals surface area contributed by atoms with Crippen LogP contribution < -0.4 is 10.1 Å². The Kier molecular flexibility index (Phi) is 6.58. The summed E-state index contributed by atoms with van der Waals surface area (Å²) in [7, 11) is 4.13. The van der Waals surface area contributed by atoms with Crippen molar-refractivity contribution in [1.82, 2.24) is 10.2 Å². The van der Waals surface area contributed by atoms with Crippen LogP contribution in [0.5, 0.6) is 5.75 Å². The van der Waals surface area contributed by atoms with Gasteiger partial charge in [-0.15, -0.1) is 0 Å². The Morgan fingerprint density at radius 2 is 2.12 bits per heavy atom. The van der Waals surface area contributed by atoms with Gasteiger partial charge < -0.3 is 15.0 Å². The molecule has 1 aromatic carbocycles. The van der Waals surface area contributed by atoms with Crippen molar-refractivity contribution in [3.63, 3.8) is 0 Å². The number of benzene rings is 1. The van der Waals surface area contributed by atoms with Gasteiger partial charge in [0.2, 0.25) is 0 Å². The third-order valence-corrected chi connectivity index (χ3v) is 2.30. The maximum atomic E-state index is 12.8. The van der Waals surface area contributed by atoms with E-state index in [1.165, 1.54) is 12.1 Å². The minimum Gasteiger partial charge on any atom is -0.492 e. The monoisotopic (exact) mass is 240 g/mol. The normalized spacial score (nSPS) is 10.8. The number of rotatable bonds is 8. The highest BCUT2D eigenvalue weighted by molar-refractivity contribution is 5.22. The summed E-state index contributed by atoms with van der Waals surface area (Å²) >= 11 is 0. The third kappa shape index (κ3) is 6.92. The van der Waals surface area contributed by atoms with E-state index in [4.69, 9.17) is 4.74 Å². The predicted octanol–water partition coefficient (Wildman–Crippen LogP) is 1.75. The van der Waals surface area contributed by atoms with Gasteiger partial charge in [0.05, 0.1) is 0 Å². The summed E-state index contributed by atoms with van der Waals surface area (Å²) in [6, 6.07) is 6.21. The molecular formula is C13H21FN2O. The molecule has 0 bridgehead atoms. The van der Waals surface area contributed by atoms with Crippen LogP contribution in [0.1, 0.15) is 6.42 Å². The minimum atomic E-state index is -0.263. The molecule has 0 aromatic heterocycles. The lowest BCUT2D eigenvalue weighted by atomic mass is 10.3. The van der Waals surface area contributed by atoms with Gasteiger partial charge in [0, 0.05) is 12.6 Å². The quantitative estimate of drug-likeness (QED) is 0.701. The second kappa shape index (κ2) is 8.03. The van der Waals surface area contributed by atoms with E-state index < -0.39 is 0 Å². The van der Waals surface area contributed by atoms with E-state index in [1.807, 2.05) is 0 Å². The number of hydrogen-bond donors (Lipinski definition) is 1. The van der Waals surface area contributed by atoms with Gasteiger partial charge >= 0.3 is 0 Å². The van der Waals surface area contributed by atoms with Crippen LogP contribution in [0, 0.1) is 5.82 Å². The SMILES string of the molecule is CN(C)CCCNCCOc1cccc(F)c1. The molecule has 0 unspecified atom stereocenters. The average molecular weight is 240 g/mol. The van der Waals surface area contributed by atoms with Crippen molar-refractivity contribution in [2.75, 3.05) is 40.3 Å². The fourth-order valence-electron chi connectivity index (χ4n) is 1.44. The second-order valence-electron chi connectivity index (χ2n) is 4.21. The Hall–Kier alpha value is -1.13. The van der Waals surface area contributed by atoms with Gasteiger partial charge in [0.15, 0.2) is 0 Å². The first-order valence-corrected chi connectivity index (χ1v) is 5.92. The second-order valence-corrected chi connectivity index (χ2v) is 4.21. The van der Waals surface area contributed by atoms with Gasteiger partial charge in [-0.2, -0.15) is 0 Å². The molecule has 1 aromatic rings. The van der Waals surface area contributed by atoms with Gasteiger partial charge in [-0.3, -0.25) is 0 Å². The number of hydrogen-bond acceptors (Lipinski definition) is 3. The fourth-order valence-corrected chi connectivity index (χ4v) is 1.44. The Morgan fingerprint density at radius 3 is 2.82 bits per heavy atom. The van der Waals surface area contributed by atoms with Gasteiger partial charge in [0.25, 0.3) is 0 Å². The molecule has 96 valence electrons. The molecule has 0 amide bonds. The van der Waals surface area contributed by atoms with E-state index in [9.17, 15) is 4.39 Å². The van der Waals surface area contributed by atoms with Crippen molar-refractivity contribution >= 4 is 0 Å². The highest BCUT2D eigenvalue weighted by Gasteiger charge is 1.95. The van der Waals surface area contributed by atoms with E-state index in [1.54, 1.807) is 12.1 Å². The molecule has 0 aliphatic rings. The summed E-state index contributed by atoms with van der Waals surface area (Å²) in [6.07, 6.45) is 1.12. The summed E-state index contributed by atoms with van der Waals surface area (Å²) in [6.45, 7) is 3.40. The van der Waals surface area contributed by atoms with Gasteiger partial charge in [-0.1, -0.05) is 6.07 Å². The number of ether oxygens (including phenoxy) is 1. The molecule has 17 heavy (non-hydrogen) atoms. The van der Waals surface area contributed by atoms with Crippen molar-refractivity contribution in [2.24, 2.45) is 0 Å². The van der Waals surface area contributed by atoms with E-state index in [-0.39, 0.29) is 5.82 Å². The molecule has 0 atom stereocenters. The molecule has 4 heteroatoms. The van der Waals surface area contributed by atoms with Crippen LogP contribution in [-0.4, -0.2) is 45.2 Å². The van der Waals surface area contributed by atoms with Gasteiger partial charge in [-0.25, -0.2) is 4.39 Å². The lowest BCUT2D eigenvalue weighted by molar-refractivity contribution is 0.309. The van der Waals surface area contributed by atoms with E-state index >= 15 is 0 Å². The van der Waals surface area contributed by atoms with Crippen LogP contribution in [0.25, 0.3) is 0 Å². The molecule has 1 N–H and O–H groups in total. The van der Waals surface area contributed by atoms with E-state index in [2.05, 4.69) is 24.3 Å². The standard InChI is InChI=1S/C13H21FN2O/c1-16(2)9-4-7-15-8-10-17-13-6-3-5-12(14)11-13/h3,5-6,11,15H,4,7-10H2,1-2H3. The largest absolute Gasteiger partial charge is 0.492 e. The van der Waals surface area contributed by atoms with Gasteiger partial charge in [-0.05, 0) is 45.7 Å². The predicted molar refractivity (Wildman–Crippen MR) is 67.9 cm³/mol. The number of nitrogens with one attached hydrogen (secondary N) is 1. The molecule has 0 radical (unpaired) electrons. The zero-order valence-corrected chi connectivity index (χ0v) is 10.6. The summed E-state index contributed by atoms with van der Waals surface area (Å²) in [4.78, 5) is 2.16. The van der Waals surface area contributed by atoms with Crippen LogP contribution in [0.2, 0.25) is 0 Å². The first-order chi connectivity index (χ1) is 8.18. The summed E-state index contributed by atoms with van der Waals surface area (Å²) < 4.78 is 18.2. The topological polar surface area (TPSA) is 24.5 Å². The van der Waals surface area contributed by atoms with Crippen LogP contribution in [0.3, 0.4) is 0 Å². The van der Waals surface area contributed by atoms with Crippen LogP contribution in [0.15, 0.2) is 24.3 Å². The van der Waals surface area contributed by atoms with Crippen molar-refractivity contribution < 1.29 is 9.13 Å². The number of halogens is 1. The smallest absolute Gasteiger partial charge is 0.126 e. The molecule has 0 saturated carbocycles. The lowest BCUT2D eigenvalue weighted by Crippen LogP contribution is -2.25. The Labute approximate surface area is 103 Å². The lowest BCUT2D eigenvalue weighted by Gasteiger charge is -2.10. The highest BCUT2D eigenvalue weighted by atomic mass is 19.1. The Balaban J connectivity index is 2.01. The number of nitrogens with zero attached hydrogens (tertiary/aromatic N) is 1. The Morgan fingerprint density at radius 1 is 1.29 bits per heavy atom. The third-order valence-electron chi connectivity index (χ3n) is 2.30. The molecule has 0 saturated heterocycles. The highest BCUT2D eigenvalue weighted by Crippen LogP contribution is 2.11. The molecule has 3 nitrogen and oxygen atoms in total. The molecule has 0 aliphatic heterocycles. The molecule has 0 spiro atoms. The molecule has 1 rings (SSSR count). The molecule has 0 fully saturated rings. The first kappa shape index (κ1) is 13.9. The van der Waals surface area contributed by atoms with Crippen molar-refractivity contribution in [1.29, 1.82) is 0 Å². The van der Waals surface area contributed by atoms with Gasteiger partial charge in [0.1, 0.15) is 18.2 Å². The summed E-state index contributed by atoms with van der Waals surface area (Å²) in [5.74, 6) is 0.321. The van der Waals surface area contributed by atoms with Crippen molar-refractivity contribution in [3.8, 4) is 5.75 Å². The van der Waals surface area contributed by atoms with Crippen LogP contribution in [0.4, 0.5) is 4.39 Å². The summed E-state index contributed by atoms with van der Waals surface area (Å²) in [5.41, 5.74) is 0. The average Bonchev–Trinajstić information content (AvgIpc) is 2.27. The maximum absolute atomic E-state index is 12.8. The summed E-state index contributed by atoms with van der Waals surface area (Å²) in [5, 5.41) is 3.28. The van der Waals surface area contributed by atoms with Crippen molar-refractivity contribution in [2.45, 2.75) is 6.42 Å². The van der Waals surface area contributed by atoms with Crippen LogP contribution in [-0.2, 0) is 0 Å². The molecule has 0 heterocycles. The molecule has 0 aliphatic carbocycles.